The summed E-state index contributed by atoms with van der Waals surface area (Å²) in [4.78, 5) is 0. The van der Waals surface area contributed by atoms with Crippen molar-refractivity contribution < 1.29 is 6.16 Å². The molecule has 0 saturated carbocycles. The maximum atomic E-state index is 5.17. The molecular formula is C10H21N3O. The first-order valence-electron chi connectivity index (χ1n) is 4.38. The number of benzene rings is 1. The molecule has 0 atom stereocenters. The van der Waals surface area contributed by atoms with Crippen molar-refractivity contribution in [1.29, 1.82) is 0 Å². The molecule has 0 radical (unpaired) electrons. The molecule has 0 heterocycles. The van der Waals surface area contributed by atoms with Gasteiger partial charge in [-0.05, 0) is 17.7 Å². The monoisotopic (exact) mass is 199 g/mol. The summed E-state index contributed by atoms with van der Waals surface area (Å²) in [6, 6.07) is 8.11. The third-order valence-corrected chi connectivity index (χ3v) is 1.55. The van der Waals surface area contributed by atoms with Gasteiger partial charge >= 0.3 is 0 Å². The van der Waals surface area contributed by atoms with Crippen LogP contribution in [-0.4, -0.2) is 21.3 Å². The normalized spacial score (nSPS) is 8.86. The minimum atomic E-state index is 0. The summed E-state index contributed by atoms with van der Waals surface area (Å²) in [5.74, 6) is 5.17. The molecule has 1 aromatic rings. The number of nitrogens with one attached hydrogen (secondary N) is 2. The number of anilines is 1. The van der Waals surface area contributed by atoms with Crippen molar-refractivity contribution in [3.05, 3.63) is 29.8 Å². The average molecular weight is 199 g/mol. The molecule has 0 aliphatic rings. The third kappa shape index (κ3) is 5.53. The molecule has 0 aromatic heterocycles. The summed E-state index contributed by atoms with van der Waals surface area (Å²) < 4.78 is 4.25. The van der Waals surface area contributed by atoms with Crippen molar-refractivity contribution in [1.82, 2.24) is 5.43 Å². The Kier molecular flexibility index (Phi) is 7.83. The van der Waals surface area contributed by atoms with Crippen LogP contribution in [-0.2, 0) is 11.3 Å². The molecule has 0 saturated heterocycles. The summed E-state index contributed by atoms with van der Waals surface area (Å²) in [7, 11) is 5.15. The Morgan fingerprint density at radius 1 is 1.29 bits per heavy atom. The maximum absolute atomic E-state index is 5.17. The van der Waals surface area contributed by atoms with Crippen molar-refractivity contribution in [2.24, 2.45) is 5.84 Å². The van der Waals surface area contributed by atoms with E-state index in [-0.39, 0.29) is 1.43 Å². The van der Waals surface area contributed by atoms with E-state index in [0.717, 1.165) is 5.69 Å². The number of hydrogen-bond donors (Lipinski definition) is 3. The molecule has 14 heavy (non-hydrogen) atoms. The van der Waals surface area contributed by atoms with Crippen LogP contribution in [0.5, 0.6) is 0 Å². The van der Waals surface area contributed by atoms with Gasteiger partial charge in [-0.1, -0.05) is 12.1 Å². The second kappa shape index (κ2) is 8.50. The SMILES string of the molecule is CNc1ccc(CNN)cc1.COC.[HH]. The fourth-order valence-corrected chi connectivity index (χ4v) is 0.907. The van der Waals surface area contributed by atoms with Gasteiger partial charge in [-0.2, -0.15) is 0 Å². The Labute approximate surface area is 86.9 Å². The van der Waals surface area contributed by atoms with Crippen LogP contribution in [0.1, 0.15) is 6.99 Å². The molecule has 4 nitrogen and oxygen atoms in total. The Morgan fingerprint density at radius 2 is 1.79 bits per heavy atom. The largest absolute Gasteiger partial charge is 0.388 e. The number of methoxy groups -OCH3 is 1. The topological polar surface area (TPSA) is 59.3 Å². The molecule has 1 rings (SSSR count). The Balaban J connectivity index is 0. The van der Waals surface area contributed by atoms with Crippen molar-refractivity contribution in [2.75, 3.05) is 26.6 Å². The number of hydrogen-bond acceptors (Lipinski definition) is 4. The van der Waals surface area contributed by atoms with Crippen LogP contribution in [0.15, 0.2) is 24.3 Å². The van der Waals surface area contributed by atoms with E-state index in [2.05, 4.69) is 15.5 Å². The molecule has 0 fully saturated rings. The van der Waals surface area contributed by atoms with E-state index in [4.69, 9.17) is 5.84 Å². The van der Waals surface area contributed by atoms with E-state index in [1.54, 1.807) is 14.2 Å². The van der Waals surface area contributed by atoms with Crippen molar-refractivity contribution in [2.45, 2.75) is 6.54 Å². The molecule has 4 heteroatoms. The predicted octanol–water partition coefficient (Wildman–Crippen LogP) is 1.20. The van der Waals surface area contributed by atoms with Crippen LogP contribution in [0.3, 0.4) is 0 Å². The fourth-order valence-electron chi connectivity index (χ4n) is 0.907. The van der Waals surface area contributed by atoms with E-state index in [0.29, 0.717) is 6.54 Å². The Morgan fingerprint density at radius 3 is 2.14 bits per heavy atom. The highest BCUT2D eigenvalue weighted by molar-refractivity contribution is 5.43. The zero-order chi connectivity index (χ0) is 10.8. The van der Waals surface area contributed by atoms with Gasteiger partial charge in [0.25, 0.3) is 0 Å². The number of ether oxygens (including phenoxy) is 1. The van der Waals surface area contributed by atoms with Crippen LogP contribution in [0, 0.1) is 0 Å². The van der Waals surface area contributed by atoms with Crippen LogP contribution in [0.25, 0.3) is 0 Å². The van der Waals surface area contributed by atoms with Gasteiger partial charge in [-0.15, -0.1) is 0 Å². The number of nitrogens with two attached hydrogens (primary N) is 1. The van der Waals surface area contributed by atoms with Gasteiger partial charge in [-0.25, -0.2) is 0 Å². The van der Waals surface area contributed by atoms with Gasteiger partial charge < -0.3 is 10.1 Å². The quantitative estimate of drug-likeness (QED) is 0.506. The molecule has 0 aliphatic carbocycles. The molecule has 0 bridgehead atoms. The third-order valence-electron chi connectivity index (χ3n) is 1.55. The molecule has 0 unspecified atom stereocenters. The van der Waals surface area contributed by atoms with Gasteiger partial charge in [0.1, 0.15) is 0 Å². The van der Waals surface area contributed by atoms with E-state index < -0.39 is 0 Å². The zero-order valence-corrected chi connectivity index (χ0v) is 9.00. The summed E-state index contributed by atoms with van der Waals surface area (Å²) >= 11 is 0. The van der Waals surface area contributed by atoms with E-state index in [9.17, 15) is 0 Å². The summed E-state index contributed by atoms with van der Waals surface area (Å²) in [5, 5.41) is 3.04. The van der Waals surface area contributed by atoms with Gasteiger partial charge in [0.15, 0.2) is 0 Å². The minimum absolute atomic E-state index is 0. The van der Waals surface area contributed by atoms with Crippen molar-refractivity contribution >= 4 is 5.69 Å². The van der Waals surface area contributed by atoms with Gasteiger partial charge in [0, 0.05) is 34.9 Å². The average Bonchev–Trinajstić information content (AvgIpc) is 2.21. The first-order valence-corrected chi connectivity index (χ1v) is 4.38. The maximum Gasteiger partial charge on any atom is 0.0351 e. The standard InChI is InChI=1S/C8H13N3.C2H6O.H2/c1-10-8-4-2-7(3-5-8)6-11-9;1-3-2;/h2-5,10-11H,6,9H2,1H3;1-2H3;1H. The molecule has 0 spiro atoms. The summed E-state index contributed by atoms with van der Waals surface area (Å²) in [6.07, 6.45) is 0. The van der Waals surface area contributed by atoms with Gasteiger partial charge in [0.05, 0.1) is 0 Å². The molecule has 1 aromatic carbocycles. The first-order chi connectivity index (χ1) is 6.78. The lowest BCUT2D eigenvalue weighted by molar-refractivity contribution is 0.277. The lowest BCUT2D eigenvalue weighted by atomic mass is 10.2. The van der Waals surface area contributed by atoms with Crippen molar-refractivity contribution in [3.63, 3.8) is 0 Å². The highest BCUT2D eigenvalue weighted by Gasteiger charge is 1.89. The van der Waals surface area contributed by atoms with E-state index in [1.807, 2.05) is 31.3 Å². The second-order valence-corrected chi connectivity index (χ2v) is 2.74. The summed E-state index contributed by atoms with van der Waals surface area (Å²) in [5.41, 5.74) is 4.90. The molecule has 82 valence electrons. The van der Waals surface area contributed by atoms with E-state index in [1.165, 1.54) is 5.56 Å². The van der Waals surface area contributed by atoms with Crippen LogP contribution >= 0.6 is 0 Å². The van der Waals surface area contributed by atoms with Crippen LogP contribution < -0.4 is 16.6 Å². The number of hydrazine groups is 1. The Bertz CT molecular complexity index is 229. The smallest absolute Gasteiger partial charge is 0.0351 e. The highest BCUT2D eigenvalue weighted by Crippen LogP contribution is 2.07. The lowest BCUT2D eigenvalue weighted by Gasteiger charge is -2.01. The van der Waals surface area contributed by atoms with Gasteiger partial charge in [0.2, 0.25) is 0 Å². The minimum Gasteiger partial charge on any atom is -0.388 e. The predicted molar refractivity (Wildman–Crippen MR) is 62.1 cm³/mol. The molecule has 0 aliphatic heterocycles. The van der Waals surface area contributed by atoms with Crippen molar-refractivity contribution in [3.8, 4) is 0 Å². The molecule has 4 N–H and O–H groups in total. The van der Waals surface area contributed by atoms with Crippen LogP contribution in [0.2, 0.25) is 0 Å². The summed E-state index contributed by atoms with van der Waals surface area (Å²) in [6.45, 7) is 0.712. The fraction of sp³-hybridized carbons (Fsp3) is 0.400. The van der Waals surface area contributed by atoms with E-state index >= 15 is 0 Å². The lowest BCUT2D eigenvalue weighted by Crippen LogP contribution is -2.20. The number of rotatable bonds is 3. The second-order valence-electron chi connectivity index (χ2n) is 2.74. The van der Waals surface area contributed by atoms with Crippen LogP contribution in [0.4, 0.5) is 5.69 Å². The molecule has 0 amide bonds. The zero-order valence-electron chi connectivity index (χ0n) is 9.00. The van der Waals surface area contributed by atoms with Gasteiger partial charge in [-0.3, -0.25) is 11.3 Å². The molecular weight excluding hydrogens is 178 g/mol. The Hall–Kier alpha value is -1.10. The highest BCUT2D eigenvalue weighted by atomic mass is 16.4. The first kappa shape index (κ1) is 12.9.